The zero-order valence-corrected chi connectivity index (χ0v) is 19.2. The molecule has 2 aromatic carbocycles. The number of aliphatic imine (C=N–C) groups is 1. The third-order valence-corrected chi connectivity index (χ3v) is 5.96. The minimum absolute atomic E-state index is 0.0452. The molecule has 3 heterocycles. The molecule has 2 aliphatic rings. The largest absolute Gasteiger partial charge is 0.357 e. The SMILES string of the molecule is CNc1ncc2c(n1)N1CCN=C1C(c1cc(NC(=O)Nc3ccccc3Cl)c(F)cc1C)=C2. The molecule has 0 radical (unpaired) electrons. The monoisotopic (exact) mass is 477 g/mol. The van der Waals surface area contributed by atoms with E-state index in [-0.39, 0.29) is 5.69 Å². The Bertz CT molecular complexity index is 1370. The molecule has 0 aliphatic carbocycles. The second-order valence-electron chi connectivity index (χ2n) is 7.84. The highest BCUT2D eigenvalue weighted by Crippen LogP contribution is 2.37. The molecule has 0 bridgehead atoms. The van der Waals surface area contributed by atoms with Crippen LogP contribution in [0.5, 0.6) is 0 Å². The number of hydrogen-bond acceptors (Lipinski definition) is 6. The first-order chi connectivity index (χ1) is 16.4. The van der Waals surface area contributed by atoms with Gasteiger partial charge in [-0.05, 0) is 48.4 Å². The van der Waals surface area contributed by atoms with Gasteiger partial charge in [0.1, 0.15) is 17.5 Å². The van der Waals surface area contributed by atoms with Gasteiger partial charge in [-0.1, -0.05) is 23.7 Å². The van der Waals surface area contributed by atoms with Gasteiger partial charge in [0.15, 0.2) is 0 Å². The van der Waals surface area contributed by atoms with Crippen LogP contribution in [0, 0.1) is 12.7 Å². The summed E-state index contributed by atoms with van der Waals surface area (Å²) in [4.78, 5) is 28.2. The van der Waals surface area contributed by atoms with Gasteiger partial charge in [0, 0.05) is 30.9 Å². The van der Waals surface area contributed by atoms with Crippen LogP contribution in [-0.2, 0) is 0 Å². The summed E-state index contributed by atoms with van der Waals surface area (Å²) in [5.74, 6) is 1.52. The second-order valence-corrected chi connectivity index (χ2v) is 8.25. The molecule has 2 aliphatic heterocycles. The number of hydrogen-bond donors (Lipinski definition) is 3. The summed E-state index contributed by atoms with van der Waals surface area (Å²) >= 11 is 6.11. The Labute approximate surface area is 200 Å². The number of anilines is 4. The van der Waals surface area contributed by atoms with E-state index in [1.165, 1.54) is 6.07 Å². The molecule has 0 spiro atoms. The summed E-state index contributed by atoms with van der Waals surface area (Å²) in [6.45, 7) is 3.13. The molecule has 5 rings (SSSR count). The minimum atomic E-state index is -0.599. The van der Waals surface area contributed by atoms with Crippen molar-refractivity contribution in [3.8, 4) is 0 Å². The van der Waals surface area contributed by atoms with Crippen molar-refractivity contribution in [1.29, 1.82) is 0 Å². The number of nitrogens with one attached hydrogen (secondary N) is 3. The van der Waals surface area contributed by atoms with E-state index in [0.29, 0.717) is 35.3 Å². The van der Waals surface area contributed by atoms with E-state index in [1.807, 2.05) is 17.9 Å². The molecule has 0 saturated heterocycles. The Hall–Kier alpha value is -3.98. The Morgan fingerprint density at radius 3 is 2.76 bits per heavy atom. The predicted molar refractivity (Wildman–Crippen MR) is 134 cm³/mol. The lowest BCUT2D eigenvalue weighted by Gasteiger charge is -2.28. The second kappa shape index (κ2) is 8.75. The smallest absolute Gasteiger partial charge is 0.323 e. The van der Waals surface area contributed by atoms with Crippen molar-refractivity contribution in [2.24, 2.45) is 4.99 Å². The predicted octanol–water partition coefficient (Wildman–Crippen LogP) is 5.04. The van der Waals surface area contributed by atoms with Crippen LogP contribution < -0.4 is 20.9 Å². The highest BCUT2D eigenvalue weighted by Gasteiger charge is 2.31. The van der Waals surface area contributed by atoms with Gasteiger partial charge in [-0.3, -0.25) is 4.99 Å². The molecule has 3 aromatic rings. The number of amides is 2. The lowest BCUT2D eigenvalue weighted by molar-refractivity contribution is 0.262. The molecule has 0 saturated carbocycles. The first-order valence-electron chi connectivity index (χ1n) is 10.7. The Balaban J connectivity index is 1.50. The van der Waals surface area contributed by atoms with Gasteiger partial charge < -0.3 is 20.9 Å². The van der Waals surface area contributed by atoms with Crippen LogP contribution in [0.2, 0.25) is 5.02 Å². The maximum atomic E-state index is 14.8. The average molecular weight is 478 g/mol. The van der Waals surface area contributed by atoms with E-state index in [0.717, 1.165) is 28.4 Å². The number of para-hydroxylation sites is 1. The molecule has 8 nitrogen and oxygen atoms in total. The third kappa shape index (κ3) is 3.94. The van der Waals surface area contributed by atoms with Crippen molar-refractivity contribution >= 4 is 58.3 Å². The lowest BCUT2D eigenvalue weighted by Crippen LogP contribution is -2.32. The molecule has 10 heteroatoms. The van der Waals surface area contributed by atoms with Crippen LogP contribution in [0.1, 0.15) is 16.7 Å². The molecule has 3 N–H and O–H groups in total. The van der Waals surface area contributed by atoms with Crippen molar-refractivity contribution in [2.45, 2.75) is 6.92 Å². The number of carbonyl (C=O) groups is 1. The number of rotatable bonds is 4. The van der Waals surface area contributed by atoms with Crippen LogP contribution in [0.4, 0.5) is 32.3 Å². The van der Waals surface area contributed by atoms with Crippen LogP contribution in [0.15, 0.2) is 47.6 Å². The van der Waals surface area contributed by atoms with Crippen molar-refractivity contribution in [3.05, 3.63) is 70.1 Å². The number of fused-ring (bicyclic) bond motifs is 3. The van der Waals surface area contributed by atoms with Crippen molar-refractivity contribution in [3.63, 3.8) is 0 Å². The molecular formula is C24H21ClFN7O. The van der Waals surface area contributed by atoms with Crippen LogP contribution in [0.25, 0.3) is 11.6 Å². The van der Waals surface area contributed by atoms with Gasteiger partial charge in [-0.2, -0.15) is 4.98 Å². The molecule has 172 valence electrons. The number of nitrogens with zero attached hydrogens (tertiary/aromatic N) is 4. The topological polar surface area (TPSA) is 94.5 Å². The lowest BCUT2D eigenvalue weighted by atomic mass is 9.94. The van der Waals surface area contributed by atoms with Gasteiger partial charge in [0.05, 0.1) is 22.9 Å². The fourth-order valence-corrected chi connectivity index (χ4v) is 4.20. The molecular weight excluding hydrogens is 457 g/mol. The summed E-state index contributed by atoms with van der Waals surface area (Å²) in [7, 11) is 1.77. The maximum absolute atomic E-state index is 14.8. The van der Waals surface area contributed by atoms with E-state index in [2.05, 4.69) is 30.9 Å². The molecule has 34 heavy (non-hydrogen) atoms. The maximum Gasteiger partial charge on any atom is 0.323 e. The molecule has 2 amide bonds. The summed E-state index contributed by atoms with van der Waals surface area (Å²) in [5.41, 5.74) is 3.60. The highest BCUT2D eigenvalue weighted by molar-refractivity contribution is 6.36. The standard InChI is InChI=1S/C24H21ClFN7O/c1-13-9-18(26)20(31-24(34)30-19-6-4-3-5-17(19)25)11-15(13)16-10-14-12-29-23(27-2)32-21(14)33-8-7-28-22(16)33/h3-6,9-12H,7-8H2,1-2H3,(H,27,29,32)(H2,30,31,34). The molecule has 0 atom stereocenters. The zero-order valence-electron chi connectivity index (χ0n) is 18.5. The summed E-state index contributed by atoms with van der Waals surface area (Å²) in [6, 6.07) is 9.25. The highest BCUT2D eigenvalue weighted by atomic mass is 35.5. The van der Waals surface area contributed by atoms with Crippen LogP contribution >= 0.6 is 11.6 Å². The number of urea groups is 1. The van der Waals surface area contributed by atoms with E-state index in [1.54, 1.807) is 43.6 Å². The summed E-state index contributed by atoms with van der Waals surface area (Å²) in [6.07, 6.45) is 3.70. The van der Waals surface area contributed by atoms with Crippen LogP contribution in [0.3, 0.4) is 0 Å². The first-order valence-corrected chi connectivity index (χ1v) is 11.0. The van der Waals surface area contributed by atoms with E-state index < -0.39 is 11.8 Å². The Morgan fingerprint density at radius 2 is 1.97 bits per heavy atom. The number of aryl methyl sites for hydroxylation is 1. The Kier molecular flexibility index (Phi) is 5.62. The number of carbonyl (C=O) groups excluding carboxylic acids is 1. The summed E-state index contributed by atoms with van der Waals surface area (Å²) < 4.78 is 14.8. The number of benzene rings is 2. The van der Waals surface area contributed by atoms with Gasteiger partial charge in [0.2, 0.25) is 5.95 Å². The molecule has 0 unspecified atom stereocenters. The zero-order chi connectivity index (χ0) is 23.8. The van der Waals surface area contributed by atoms with E-state index in [9.17, 15) is 9.18 Å². The first kappa shape index (κ1) is 21.8. The van der Waals surface area contributed by atoms with Gasteiger partial charge in [-0.15, -0.1) is 0 Å². The van der Waals surface area contributed by atoms with Crippen molar-refractivity contribution in [2.75, 3.05) is 41.0 Å². The van der Waals surface area contributed by atoms with Crippen LogP contribution in [-0.4, -0.2) is 42.0 Å². The average Bonchev–Trinajstić information content (AvgIpc) is 3.32. The Morgan fingerprint density at radius 1 is 1.18 bits per heavy atom. The molecule has 0 fully saturated rings. The van der Waals surface area contributed by atoms with E-state index >= 15 is 0 Å². The number of amidine groups is 1. The van der Waals surface area contributed by atoms with Crippen molar-refractivity contribution < 1.29 is 9.18 Å². The minimum Gasteiger partial charge on any atom is -0.357 e. The fraction of sp³-hybridized carbons (Fsp3) is 0.167. The van der Waals surface area contributed by atoms with Gasteiger partial charge in [0.25, 0.3) is 0 Å². The summed E-state index contributed by atoms with van der Waals surface area (Å²) in [5, 5.41) is 8.57. The normalized spacial score (nSPS) is 14.1. The number of aromatic nitrogens is 2. The fourth-order valence-electron chi connectivity index (χ4n) is 4.02. The quantitative estimate of drug-likeness (QED) is 0.489. The number of halogens is 2. The van der Waals surface area contributed by atoms with Gasteiger partial charge in [-0.25, -0.2) is 14.2 Å². The van der Waals surface area contributed by atoms with Gasteiger partial charge >= 0.3 is 6.03 Å². The van der Waals surface area contributed by atoms with E-state index in [4.69, 9.17) is 11.6 Å². The molecule has 1 aromatic heterocycles. The van der Waals surface area contributed by atoms with Crippen molar-refractivity contribution in [1.82, 2.24) is 9.97 Å². The third-order valence-electron chi connectivity index (χ3n) is 5.63.